The number of ether oxygens (including phenoxy) is 1. The molecule has 24 heavy (non-hydrogen) atoms. The molecule has 0 unspecified atom stereocenters. The predicted molar refractivity (Wildman–Crippen MR) is 96.7 cm³/mol. The Morgan fingerprint density at radius 2 is 1.92 bits per heavy atom. The van der Waals surface area contributed by atoms with Crippen LogP contribution in [0.2, 0.25) is 5.02 Å². The Balaban J connectivity index is 1.97. The number of hydrogen-bond donors (Lipinski definition) is 0. The molecule has 0 fully saturated rings. The summed E-state index contributed by atoms with van der Waals surface area (Å²) in [4.78, 5) is 12.2. The maximum atomic E-state index is 12.2. The van der Waals surface area contributed by atoms with Crippen LogP contribution in [0.15, 0.2) is 35.3 Å². The highest BCUT2D eigenvalue weighted by Gasteiger charge is 2.19. The summed E-state index contributed by atoms with van der Waals surface area (Å²) in [7, 11) is 0. The second-order valence-electron chi connectivity index (χ2n) is 6.48. The molecule has 1 aromatic heterocycles. The molecule has 0 aliphatic rings. The molecule has 0 saturated heterocycles. The summed E-state index contributed by atoms with van der Waals surface area (Å²) in [5, 5.41) is 4.17. The number of hydrogen-bond acceptors (Lipinski definition) is 3. The summed E-state index contributed by atoms with van der Waals surface area (Å²) in [6.07, 6.45) is 2.01. The Kier molecular flexibility index (Phi) is 5.69. The number of aryl methyl sites for hydroxylation is 1. The molecule has 1 aromatic carbocycles. The molecule has 0 bridgehead atoms. The van der Waals surface area contributed by atoms with E-state index in [9.17, 15) is 4.79 Å². The van der Waals surface area contributed by atoms with Gasteiger partial charge < -0.3 is 4.74 Å². The van der Waals surface area contributed by atoms with Crippen molar-refractivity contribution in [1.82, 2.24) is 9.78 Å². The van der Waals surface area contributed by atoms with Gasteiger partial charge in [-0.3, -0.25) is 4.79 Å². The zero-order chi connectivity index (χ0) is 17.7. The third kappa shape index (κ3) is 4.62. The number of aromatic nitrogens is 2. The lowest BCUT2D eigenvalue weighted by atomic mass is 10.1. The maximum absolute atomic E-state index is 12.2. The quantitative estimate of drug-likeness (QED) is 0.628. The van der Waals surface area contributed by atoms with Gasteiger partial charge in [0.15, 0.2) is 10.8 Å². The van der Waals surface area contributed by atoms with Crippen molar-refractivity contribution < 1.29 is 4.74 Å². The highest BCUT2D eigenvalue weighted by Crippen LogP contribution is 2.20. The fraction of sp³-hybridized carbons (Fsp3) is 0.368. The van der Waals surface area contributed by atoms with E-state index in [-0.39, 0.29) is 10.6 Å². The van der Waals surface area contributed by atoms with Crippen molar-refractivity contribution in [1.29, 1.82) is 0 Å². The molecule has 0 N–H and O–H groups in total. The molecule has 0 aliphatic carbocycles. The number of halogens is 1. The highest BCUT2D eigenvalue weighted by molar-refractivity contribution is 6.31. The Morgan fingerprint density at radius 1 is 1.25 bits per heavy atom. The average Bonchev–Trinajstić information content (AvgIpc) is 2.51. The van der Waals surface area contributed by atoms with Crippen LogP contribution in [0, 0.1) is 18.8 Å². The summed E-state index contributed by atoms with van der Waals surface area (Å²) in [6, 6.07) is 8.01. The molecule has 0 radical (unpaired) electrons. The topological polar surface area (TPSA) is 44.1 Å². The predicted octanol–water partition coefficient (Wildman–Crippen LogP) is 3.78. The second-order valence-corrected chi connectivity index (χ2v) is 6.85. The van der Waals surface area contributed by atoms with E-state index in [0.29, 0.717) is 18.8 Å². The SMILES string of the molecule is Cc1ccc(C#CCCOc2cnn(C(C)(C)C)c(=O)c2Cl)cc1. The van der Waals surface area contributed by atoms with E-state index in [1.165, 1.54) is 16.4 Å². The smallest absolute Gasteiger partial charge is 0.289 e. The van der Waals surface area contributed by atoms with Gasteiger partial charge in [-0.15, -0.1) is 0 Å². The lowest BCUT2D eigenvalue weighted by Crippen LogP contribution is -2.36. The van der Waals surface area contributed by atoms with E-state index < -0.39 is 5.54 Å². The Hall–Kier alpha value is -2.25. The molecule has 0 atom stereocenters. The molecule has 0 aliphatic heterocycles. The van der Waals surface area contributed by atoms with Crippen LogP contribution in [-0.2, 0) is 5.54 Å². The van der Waals surface area contributed by atoms with Crippen LogP contribution in [0.25, 0.3) is 0 Å². The van der Waals surface area contributed by atoms with Crippen LogP contribution in [-0.4, -0.2) is 16.4 Å². The van der Waals surface area contributed by atoms with Gasteiger partial charge >= 0.3 is 0 Å². The standard InChI is InChI=1S/C19H21ClN2O2/c1-14-8-10-15(11-9-14)7-5-6-12-24-16-13-21-22(19(2,3)4)18(23)17(16)20/h8-11,13H,6,12H2,1-4H3. The van der Waals surface area contributed by atoms with Crippen LogP contribution < -0.4 is 10.3 Å². The third-order valence-corrected chi connectivity index (χ3v) is 3.64. The molecule has 5 heteroatoms. The van der Waals surface area contributed by atoms with Gasteiger partial charge in [-0.1, -0.05) is 41.1 Å². The van der Waals surface area contributed by atoms with E-state index in [1.807, 2.05) is 52.0 Å². The van der Waals surface area contributed by atoms with E-state index in [4.69, 9.17) is 16.3 Å². The van der Waals surface area contributed by atoms with Crippen LogP contribution in [0.1, 0.15) is 38.3 Å². The lowest BCUT2D eigenvalue weighted by Gasteiger charge is -2.21. The van der Waals surface area contributed by atoms with Crippen LogP contribution in [0.4, 0.5) is 0 Å². The van der Waals surface area contributed by atoms with Crippen molar-refractivity contribution in [3.63, 3.8) is 0 Å². The Bertz CT molecular complexity index is 822. The summed E-state index contributed by atoms with van der Waals surface area (Å²) < 4.78 is 6.88. The van der Waals surface area contributed by atoms with E-state index in [0.717, 1.165) is 5.56 Å². The average molecular weight is 345 g/mol. The maximum Gasteiger partial charge on any atom is 0.289 e. The molecule has 0 saturated carbocycles. The molecule has 2 rings (SSSR count). The first-order valence-electron chi connectivity index (χ1n) is 7.75. The lowest BCUT2D eigenvalue weighted by molar-refractivity contribution is 0.306. The first-order chi connectivity index (χ1) is 11.3. The summed E-state index contributed by atoms with van der Waals surface area (Å²) >= 11 is 6.09. The highest BCUT2D eigenvalue weighted by atomic mass is 35.5. The van der Waals surface area contributed by atoms with Gasteiger partial charge in [0.1, 0.15) is 0 Å². The number of benzene rings is 1. The van der Waals surface area contributed by atoms with Crippen molar-refractivity contribution >= 4 is 11.6 Å². The zero-order valence-corrected chi connectivity index (χ0v) is 15.1. The van der Waals surface area contributed by atoms with Gasteiger partial charge in [0.25, 0.3) is 5.56 Å². The van der Waals surface area contributed by atoms with Crippen LogP contribution in [0.5, 0.6) is 5.75 Å². The summed E-state index contributed by atoms with van der Waals surface area (Å²) in [6.45, 7) is 8.05. The number of nitrogens with zero attached hydrogens (tertiary/aromatic N) is 2. The fourth-order valence-corrected chi connectivity index (χ4v) is 2.19. The molecular formula is C19H21ClN2O2. The van der Waals surface area contributed by atoms with Gasteiger partial charge in [0.05, 0.1) is 18.3 Å². The van der Waals surface area contributed by atoms with Crippen molar-refractivity contribution in [3.05, 3.63) is 57.0 Å². The minimum Gasteiger partial charge on any atom is -0.489 e. The monoisotopic (exact) mass is 344 g/mol. The molecule has 0 spiro atoms. The largest absolute Gasteiger partial charge is 0.489 e. The second kappa shape index (κ2) is 7.55. The normalized spacial score (nSPS) is 10.9. The zero-order valence-electron chi connectivity index (χ0n) is 14.4. The van der Waals surface area contributed by atoms with E-state index in [2.05, 4.69) is 16.9 Å². The van der Waals surface area contributed by atoms with Crippen LogP contribution >= 0.6 is 11.6 Å². The Morgan fingerprint density at radius 3 is 2.54 bits per heavy atom. The van der Waals surface area contributed by atoms with E-state index in [1.54, 1.807) is 0 Å². The van der Waals surface area contributed by atoms with Gasteiger partial charge in [-0.05, 0) is 39.8 Å². The van der Waals surface area contributed by atoms with E-state index >= 15 is 0 Å². The van der Waals surface area contributed by atoms with Crippen molar-refractivity contribution in [2.45, 2.75) is 39.7 Å². The number of rotatable bonds is 3. The minimum atomic E-state index is -0.432. The fourth-order valence-electron chi connectivity index (χ4n) is 2.01. The minimum absolute atomic E-state index is 0.0476. The molecule has 4 nitrogen and oxygen atoms in total. The van der Waals surface area contributed by atoms with Crippen molar-refractivity contribution in [2.24, 2.45) is 0 Å². The molecule has 2 aromatic rings. The van der Waals surface area contributed by atoms with Gasteiger partial charge in [0.2, 0.25) is 0 Å². The molecular weight excluding hydrogens is 324 g/mol. The van der Waals surface area contributed by atoms with Crippen molar-refractivity contribution in [2.75, 3.05) is 6.61 Å². The molecule has 126 valence electrons. The summed E-state index contributed by atoms with van der Waals surface area (Å²) in [5.74, 6) is 6.40. The first-order valence-corrected chi connectivity index (χ1v) is 8.13. The molecule has 0 amide bonds. The van der Waals surface area contributed by atoms with Crippen molar-refractivity contribution in [3.8, 4) is 17.6 Å². The summed E-state index contributed by atoms with van der Waals surface area (Å²) in [5.41, 5.74) is 1.38. The Labute approximate surface area is 147 Å². The van der Waals surface area contributed by atoms with Gasteiger partial charge in [0, 0.05) is 12.0 Å². The van der Waals surface area contributed by atoms with Gasteiger partial charge in [-0.2, -0.15) is 5.10 Å². The molecule has 1 heterocycles. The van der Waals surface area contributed by atoms with Crippen LogP contribution in [0.3, 0.4) is 0 Å². The van der Waals surface area contributed by atoms with Gasteiger partial charge in [-0.25, -0.2) is 4.68 Å². The third-order valence-electron chi connectivity index (χ3n) is 3.29. The first kappa shape index (κ1) is 18.1.